The largest absolute Gasteiger partial charge is 0.497 e. The molecule has 7 nitrogen and oxygen atoms in total. The standard InChI is InChI=1S/C23H26N2O5/c1-25-21(27)15-23(22(25)28,17-8-10-18(29-2)11-9-17)14-20(26)24-13-12-16-6-4-5-7-19(16)30-3/h4-11H,12-15H2,1-3H3,(H,24,26). The molecule has 1 aliphatic rings. The first kappa shape index (κ1) is 21.4. The number of nitrogens with zero attached hydrogens (tertiary/aromatic N) is 1. The van der Waals surface area contributed by atoms with E-state index in [-0.39, 0.29) is 30.6 Å². The quantitative estimate of drug-likeness (QED) is 0.674. The average molecular weight is 410 g/mol. The molecule has 158 valence electrons. The molecule has 1 fully saturated rings. The highest BCUT2D eigenvalue weighted by Crippen LogP contribution is 2.39. The van der Waals surface area contributed by atoms with Gasteiger partial charge in [0.05, 0.1) is 19.6 Å². The van der Waals surface area contributed by atoms with Crippen LogP contribution >= 0.6 is 0 Å². The number of rotatable bonds is 8. The van der Waals surface area contributed by atoms with E-state index in [1.807, 2.05) is 24.3 Å². The van der Waals surface area contributed by atoms with Crippen molar-refractivity contribution in [3.8, 4) is 11.5 Å². The van der Waals surface area contributed by atoms with Crippen LogP contribution in [0.1, 0.15) is 24.0 Å². The zero-order valence-electron chi connectivity index (χ0n) is 17.4. The van der Waals surface area contributed by atoms with Gasteiger partial charge in [0, 0.05) is 26.4 Å². The second-order valence-corrected chi connectivity index (χ2v) is 7.33. The maximum atomic E-state index is 13.0. The molecule has 0 radical (unpaired) electrons. The molecule has 2 aromatic carbocycles. The molecular weight excluding hydrogens is 384 g/mol. The minimum Gasteiger partial charge on any atom is -0.497 e. The summed E-state index contributed by atoms with van der Waals surface area (Å²) in [6, 6.07) is 14.6. The van der Waals surface area contributed by atoms with E-state index in [1.165, 1.54) is 7.05 Å². The zero-order chi connectivity index (χ0) is 21.7. The molecule has 0 aromatic heterocycles. The maximum Gasteiger partial charge on any atom is 0.240 e. The van der Waals surface area contributed by atoms with E-state index >= 15 is 0 Å². The third kappa shape index (κ3) is 4.15. The first-order valence-electron chi connectivity index (χ1n) is 9.75. The number of carbonyl (C=O) groups excluding carboxylic acids is 3. The van der Waals surface area contributed by atoms with Gasteiger partial charge >= 0.3 is 0 Å². The Labute approximate surface area is 176 Å². The lowest BCUT2D eigenvalue weighted by molar-refractivity contribution is -0.139. The average Bonchev–Trinajstić information content (AvgIpc) is 2.98. The fraction of sp³-hybridized carbons (Fsp3) is 0.348. The van der Waals surface area contributed by atoms with Crippen LogP contribution in [0.25, 0.3) is 0 Å². The van der Waals surface area contributed by atoms with Crippen LogP contribution in [0.2, 0.25) is 0 Å². The fourth-order valence-corrected chi connectivity index (χ4v) is 3.85. The Kier molecular flexibility index (Phi) is 6.40. The summed E-state index contributed by atoms with van der Waals surface area (Å²) in [7, 11) is 4.61. The molecule has 1 heterocycles. The monoisotopic (exact) mass is 410 g/mol. The van der Waals surface area contributed by atoms with Crippen molar-refractivity contribution in [2.45, 2.75) is 24.7 Å². The van der Waals surface area contributed by atoms with Crippen molar-refractivity contribution in [3.05, 3.63) is 59.7 Å². The van der Waals surface area contributed by atoms with Gasteiger partial charge in [-0.05, 0) is 35.7 Å². The normalized spacial score (nSPS) is 18.4. The van der Waals surface area contributed by atoms with E-state index in [0.717, 1.165) is 16.2 Å². The van der Waals surface area contributed by atoms with Gasteiger partial charge in [-0.15, -0.1) is 0 Å². The Hall–Kier alpha value is -3.35. The molecule has 1 unspecified atom stereocenters. The molecule has 7 heteroatoms. The number of benzene rings is 2. The highest BCUT2D eigenvalue weighted by atomic mass is 16.5. The van der Waals surface area contributed by atoms with Gasteiger partial charge in [-0.25, -0.2) is 0 Å². The molecule has 1 N–H and O–H groups in total. The van der Waals surface area contributed by atoms with Gasteiger partial charge in [-0.3, -0.25) is 19.3 Å². The van der Waals surface area contributed by atoms with Crippen molar-refractivity contribution in [2.75, 3.05) is 27.8 Å². The minimum atomic E-state index is -1.20. The number of methoxy groups -OCH3 is 2. The maximum absolute atomic E-state index is 13.0. The molecule has 0 bridgehead atoms. The van der Waals surface area contributed by atoms with E-state index in [9.17, 15) is 14.4 Å². The predicted molar refractivity (Wildman–Crippen MR) is 111 cm³/mol. The summed E-state index contributed by atoms with van der Waals surface area (Å²) >= 11 is 0. The fourth-order valence-electron chi connectivity index (χ4n) is 3.85. The van der Waals surface area contributed by atoms with Gasteiger partial charge in [0.15, 0.2) is 0 Å². The third-order valence-electron chi connectivity index (χ3n) is 5.56. The van der Waals surface area contributed by atoms with Crippen molar-refractivity contribution in [2.24, 2.45) is 0 Å². The molecule has 0 spiro atoms. The molecule has 3 amide bonds. The number of para-hydroxylation sites is 1. The molecule has 1 aliphatic heterocycles. The van der Waals surface area contributed by atoms with Crippen LogP contribution in [0.15, 0.2) is 48.5 Å². The van der Waals surface area contributed by atoms with E-state index in [2.05, 4.69) is 5.32 Å². The van der Waals surface area contributed by atoms with Gasteiger partial charge in [-0.1, -0.05) is 30.3 Å². The summed E-state index contributed by atoms with van der Waals surface area (Å²) < 4.78 is 10.5. The van der Waals surface area contributed by atoms with Crippen LogP contribution in [-0.4, -0.2) is 50.4 Å². The molecule has 30 heavy (non-hydrogen) atoms. The molecule has 1 atom stereocenters. The smallest absolute Gasteiger partial charge is 0.240 e. The van der Waals surface area contributed by atoms with Crippen LogP contribution in [-0.2, 0) is 26.2 Å². The number of imide groups is 1. The minimum absolute atomic E-state index is 0.0331. The molecule has 0 saturated carbocycles. The lowest BCUT2D eigenvalue weighted by Gasteiger charge is -2.26. The summed E-state index contributed by atoms with van der Waals surface area (Å²) in [5, 5.41) is 2.88. The van der Waals surface area contributed by atoms with Gasteiger partial charge in [-0.2, -0.15) is 0 Å². The number of hydrogen-bond acceptors (Lipinski definition) is 5. The van der Waals surface area contributed by atoms with E-state index in [0.29, 0.717) is 24.3 Å². The number of ether oxygens (including phenoxy) is 2. The number of hydrogen-bond donors (Lipinski definition) is 1. The Morgan fingerprint density at radius 1 is 1.07 bits per heavy atom. The predicted octanol–water partition coefficient (Wildman–Crippen LogP) is 2.08. The lowest BCUT2D eigenvalue weighted by atomic mass is 9.75. The summed E-state index contributed by atoms with van der Waals surface area (Å²) in [6.07, 6.45) is 0.465. The number of likely N-dealkylation sites (N-methyl/N-ethyl adjacent to an activating group) is 1. The summed E-state index contributed by atoms with van der Waals surface area (Å²) in [5.74, 6) is 0.465. The van der Waals surface area contributed by atoms with E-state index in [4.69, 9.17) is 9.47 Å². The van der Waals surface area contributed by atoms with Crippen molar-refractivity contribution in [3.63, 3.8) is 0 Å². The van der Waals surface area contributed by atoms with E-state index in [1.54, 1.807) is 38.5 Å². The van der Waals surface area contributed by atoms with Crippen LogP contribution < -0.4 is 14.8 Å². The van der Waals surface area contributed by atoms with E-state index < -0.39 is 5.41 Å². The summed E-state index contributed by atoms with van der Waals surface area (Å²) in [4.78, 5) is 39.1. The topological polar surface area (TPSA) is 84.9 Å². The second-order valence-electron chi connectivity index (χ2n) is 7.33. The first-order valence-corrected chi connectivity index (χ1v) is 9.75. The highest BCUT2D eigenvalue weighted by molar-refractivity contribution is 6.10. The summed E-state index contributed by atoms with van der Waals surface area (Å²) in [6.45, 7) is 0.399. The summed E-state index contributed by atoms with van der Waals surface area (Å²) in [5.41, 5.74) is 0.412. The SMILES string of the molecule is COc1ccc(C2(CC(=O)NCCc3ccccc3OC)CC(=O)N(C)C2=O)cc1. The van der Waals surface area contributed by atoms with Gasteiger partial charge in [0.25, 0.3) is 0 Å². The number of amides is 3. The first-order chi connectivity index (χ1) is 14.4. The lowest BCUT2D eigenvalue weighted by Crippen LogP contribution is -2.41. The van der Waals surface area contributed by atoms with Crippen molar-refractivity contribution < 1.29 is 23.9 Å². The zero-order valence-corrected chi connectivity index (χ0v) is 17.4. The second kappa shape index (κ2) is 8.98. The molecule has 2 aromatic rings. The molecular formula is C23H26N2O5. The van der Waals surface area contributed by atoms with Gasteiger partial charge in [0.2, 0.25) is 17.7 Å². The highest BCUT2D eigenvalue weighted by Gasteiger charge is 2.52. The number of carbonyl (C=O) groups is 3. The Bertz CT molecular complexity index is 941. The molecule has 1 saturated heterocycles. The number of nitrogens with one attached hydrogen (secondary N) is 1. The van der Waals surface area contributed by atoms with Crippen molar-refractivity contribution in [1.82, 2.24) is 10.2 Å². The van der Waals surface area contributed by atoms with Crippen LogP contribution in [0.4, 0.5) is 0 Å². The number of likely N-dealkylation sites (tertiary alicyclic amines) is 1. The van der Waals surface area contributed by atoms with Crippen LogP contribution in [0, 0.1) is 0 Å². The molecule has 3 rings (SSSR count). The molecule has 0 aliphatic carbocycles. The Balaban J connectivity index is 1.74. The third-order valence-corrected chi connectivity index (χ3v) is 5.56. The Morgan fingerprint density at radius 3 is 2.37 bits per heavy atom. The van der Waals surface area contributed by atoms with Crippen molar-refractivity contribution in [1.29, 1.82) is 0 Å². The van der Waals surface area contributed by atoms with Gasteiger partial charge < -0.3 is 14.8 Å². The van der Waals surface area contributed by atoms with Gasteiger partial charge in [0.1, 0.15) is 11.5 Å². The van der Waals surface area contributed by atoms with Crippen LogP contribution in [0.3, 0.4) is 0 Å². The van der Waals surface area contributed by atoms with Crippen LogP contribution in [0.5, 0.6) is 11.5 Å². The Morgan fingerprint density at radius 2 is 1.77 bits per heavy atom. The van der Waals surface area contributed by atoms with Crippen molar-refractivity contribution >= 4 is 17.7 Å².